The van der Waals surface area contributed by atoms with Gasteiger partial charge in [-0.05, 0) is 71.5 Å². The third-order valence-electron chi connectivity index (χ3n) is 7.62. The van der Waals surface area contributed by atoms with Crippen LogP contribution in [0.25, 0.3) is 0 Å². The first kappa shape index (κ1) is 35.1. The summed E-state index contributed by atoms with van der Waals surface area (Å²) in [5.41, 5.74) is 3.00. The van der Waals surface area contributed by atoms with Gasteiger partial charge in [0.15, 0.2) is 11.5 Å². The van der Waals surface area contributed by atoms with Gasteiger partial charge in [0, 0.05) is 26.1 Å². The second-order valence-corrected chi connectivity index (χ2v) is 12.6. The Kier molecular flexibility index (Phi) is 12.5. The summed E-state index contributed by atoms with van der Waals surface area (Å²) < 4.78 is 51.6. The number of rotatable bonds is 16. The molecule has 0 bridgehead atoms. The normalized spacial score (nSPS) is 11.8. The van der Waals surface area contributed by atoms with E-state index in [1.54, 1.807) is 63.6 Å². The van der Waals surface area contributed by atoms with Crippen LogP contribution in [0.1, 0.15) is 41.6 Å². The molecule has 0 aliphatic heterocycles. The molecule has 0 saturated carbocycles. The number of methoxy groups -OCH3 is 2. The van der Waals surface area contributed by atoms with Gasteiger partial charge < -0.3 is 19.7 Å². The number of nitrogens with one attached hydrogen (secondary N) is 2. The second kappa shape index (κ2) is 16.7. The van der Waals surface area contributed by atoms with Crippen molar-refractivity contribution in [3.63, 3.8) is 0 Å². The van der Waals surface area contributed by atoms with E-state index in [4.69, 9.17) is 9.47 Å². The predicted octanol–water partition coefficient (Wildman–Crippen LogP) is 5.20. The fourth-order valence-corrected chi connectivity index (χ4v) is 6.23. The first-order valence-corrected chi connectivity index (χ1v) is 16.8. The van der Waals surface area contributed by atoms with Gasteiger partial charge in [0.25, 0.3) is 0 Å². The molecule has 4 rings (SSSR count). The Morgan fingerprint density at radius 1 is 0.809 bits per heavy atom. The van der Waals surface area contributed by atoms with Gasteiger partial charge in [-0.1, -0.05) is 67.6 Å². The highest BCUT2D eigenvalue weighted by Gasteiger charge is 2.31. The summed E-state index contributed by atoms with van der Waals surface area (Å²) in [5.74, 6) is 0.142. The summed E-state index contributed by atoms with van der Waals surface area (Å²) >= 11 is 0. The smallest absolute Gasteiger partial charge is 0.247 e. The maximum absolute atomic E-state index is 14.0. The summed E-state index contributed by atoms with van der Waals surface area (Å²) in [6, 6.07) is 25.8. The van der Waals surface area contributed by atoms with Crippen molar-refractivity contribution in [3.8, 4) is 11.5 Å². The Hall–Kier alpha value is -4.74. The van der Waals surface area contributed by atoms with Crippen LogP contribution in [0.5, 0.6) is 11.5 Å². The Morgan fingerprint density at radius 2 is 1.45 bits per heavy atom. The molecule has 248 valence electrons. The Bertz CT molecular complexity index is 1730. The molecule has 0 aliphatic rings. The fourth-order valence-electron chi connectivity index (χ4n) is 5.18. The average Bonchev–Trinajstić information content (AvgIpc) is 3.08. The van der Waals surface area contributed by atoms with E-state index in [-0.39, 0.29) is 36.2 Å². The highest BCUT2D eigenvalue weighted by Crippen LogP contribution is 2.28. The monoisotopic (exact) mass is 661 g/mol. The zero-order valence-electron chi connectivity index (χ0n) is 26.7. The first-order valence-electron chi connectivity index (χ1n) is 15.3. The van der Waals surface area contributed by atoms with Gasteiger partial charge >= 0.3 is 0 Å². The molecule has 0 saturated heterocycles. The molecule has 0 spiro atoms. The molecule has 0 aromatic heterocycles. The molecule has 0 radical (unpaired) electrons. The zero-order chi connectivity index (χ0) is 33.8. The van der Waals surface area contributed by atoms with Crippen LogP contribution in [0, 0.1) is 5.82 Å². The standard InChI is InChI=1S/C36H40FN3O6S/c1-4-39-47(43,44)31-18-12-26(13-19-31)15-21-34(41)40(25-28-10-16-30(37)17-11-28)35(29-8-6-5-7-9-29)36(42)38-23-22-27-14-20-32(45-2)33(24-27)46-3/h5-14,16-20,24,35,39H,4,15,21-23,25H2,1-3H3,(H,38,42)/t35-/m1/s1. The third kappa shape index (κ3) is 9.63. The van der Waals surface area contributed by atoms with Crippen molar-refractivity contribution in [3.05, 3.63) is 125 Å². The van der Waals surface area contributed by atoms with E-state index in [1.165, 1.54) is 29.2 Å². The van der Waals surface area contributed by atoms with Crippen molar-refractivity contribution >= 4 is 21.8 Å². The molecule has 4 aromatic rings. The molecule has 0 aliphatic carbocycles. The van der Waals surface area contributed by atoms with Crippen molar-refractivity contribution in [1.29, 1.82) is 0 Å². The molecular formula is C36H40FN3O6S. The molecule has 1 atom stereocenters. The van der Waals surface area contributed by atoms with E-state index in [9.17, 15) is 22.4 Å². The molecular weight excluding hydrogens is 621 g/mol. The molecule has 0 fully saturated rings. The van der Waals surface area contributed by atoms with Crippen LogP contribution in [-0.4, -0.2) is 52.4 Å². The van der Waals surface area contributed by atoms with Crippen molar-refractivity contribution in [2.75, 3.05) is 27.3 Å². The quantitative estimate of drug-likeness (QED) is 0.171. The number of amides is 2. The van der Waals surface area contributed by atoms with Crippen molar-refractivity contribution in [1.82, 2.24) is 14.9 Å². The van der Waals surface area contributed by atoms with Gasteiger partial charge in [-0.25, -0.2) is 17.5 Å². The van der Waals surface area contributed by atoms with Crippen molar-refractivity contribution in [2.45, 2.75) is 43.7 Å². The molecule has 4 aromatic carbocycles. The summed E-state index contributed by atoms with van der Waals surface area (Å²) in [7, 11) is -0.476. The number of aryl methyl sites for hydroxylation is 1. The number of hydrogen-bond acceptors (Lipinski definition) is 6. The van der Waals surface area contributed by atoms with E-state index < -0.39 is 21.9 Å². The van der Waals surface area contributed by atoms with Crippen LogP contribution in [-0.2, 0) is 39.0 Å². The lowest BCUT2D eigenvalue weighted by Gasteiger charge is -2.32. The molecule has 9 nitrogen and oxygen atoms in total. The highest BCUT2D eigenvalue weighted by molar-refractivity contribution is 7.89. The number of carbonyl (C=O) groups excluding carboxylic acids is 2. The van der Waals surface area contributed by atoms with Gasteiger partial charge in [-0.3, -0.25) is 9.59 Å². The number of nitrogens with zero attached hydrogens (tertiary/aromatic N) is 1. The number of carbonyl (C=O) groups is 2. The van der Waals surface area contributed by atoms with Crippen LogP contribution in [0.15, 0.2) is 102 Å². The maximum Gasteiger partial charge on any atom is 0.247 e. The predicted molar refractivity (Wildman–Crippen MR) is 178 cm³/mol. The largest absolute Gasteiger partial charge is 0.493 e. The van der Waals surface area contributed by atoms with E-state index >= 15 is 0 Å². The lowest BCUT2D eigenvalue weighted by atomic mass is 10.0. The van der Waals surface area contributed by atoms with E-state index in [1.807, 2.05) is 30.3 Å². The number of benzene rings is 4. The molecule has 2 amide bonds. The Labute approximate surface area is 275 Å². The average molecular weight is 662 g/mol. The molecule has 0 unspecified atom stereocenters. The minimum Gasteiger partial charge on any atom is -0.493 e. The molecule has 0 heterocycles. The summed E-state index contributed by atoms with van der Waals surface area (Å²) in [4.78, 5) is 29.6. The zero-order valence-corrected chi connectivity index (χ0v) is 27.6. The second-order valence-electron chi connectivity index (χ2n) is 10.8. The number of sulfonamides is 1. The fraction of sp³-hybridized carbons (Fsp3) is 0.278. The SMILES string of the molecule is CCNS(=O)(=O)c1ccc(CCC(=O)N(Cc2ccc(F)cc2)[C@@H](C(=O)NCCc2ccc(OC)c(OC)c2)c2ccccc2)cc1. The topological polar surface area (TPSA) is 114 Å². The van der Waals surface area contributed by atoms with Crippen LogP contribution in [0.3, 0.4) is 0 Å². The van der Waals surface area contributed by atoms with Gasteiger partial charge in [-0.15, -0.1) is 0 Å². The first-order chi connectivity index (χ1) is 22.6. The molecule has 11 heteroatoms. The summed E-state index contributed by atoms with van der Waals surface area (Å²) in [5, 5.41) is 3.00. The van der Waals surface area contributed by atoms with Crippen molar-refractivity contribution < 1.29 is 31.9 Å². The summed E-state index contributed by atoms with van der Waals surface area (Å²) in [6.45, 7) is 2.35. The van der Waals surface area contributed by atoms with Gasteiger partial charge in [0.05, 0.1) is 19.1 Å². The maximum atomic E-state index is 14.0. The van der Waals surface area contributed by atoms with Gasteiger partial charge in [0.2, 0.25) is 21.8 Å². The lowest BCUT2D eigenvalue weighted by Crippen LogP contribution is -2.44. The Balaban J connectivity index is 1.56. The van der Waals surface area contributed by atoms with Crippen molar-refractivity contribution in [2.24, 2.45) is 0 Å². The molecule has 2 N–H and O–H groups in total. The minimum atomic E-state index is -3.60. The minimum absolute atomic E-state index is 0.0583. The van der Waals surface area contributed by atoms with E-state index in [0.717, 1.165) is 11.1 Å². The summed E-state index contributed by atoms with van der Waals surface area (Å²) in [6.07, 6.45) is 0.893. The van der Waals surface area contributed by atoms with Crippen LogP contribution in [0.2, 0.25) is 0 Å². The van der Waals surface area contributed by atoms with E-state index in [2.05, 4.69) is 10.0 Å². The number of halogens is 1. The van der Waals surface area contributed by atoms with Gasteiger partial charge in [-0.2, -0.15) is 0 Å². The van der Waals surface area contributed by atoms with Crippen LogP contribution >= 0.6 is 0 Å². The molecule has 47 heavy (non-hydrogen) atoms. The number of ether oxygens (including phenoxy) is 2. The van der Waals surface area contributed by atoms with Crippen LogP contribution in [0.4, 0.5) is 4.39 Å². The van der Waals surface area contributed by atoms with Crippen LogP contribution < -0.4 is 19.5 Å². The van der Waals surface area contributed by atoms with Gasteiger partial charge in [0.1, 0.15) is 11.9 Å². The van der Waals surface area contributed by atoms with E-state index in [0.29, 0.717) is 42.0 Å². The Morgan fingerprint density at radius 3 is 2.09 bits per heavy atom. The lowest BCUT2D eigenvalue weighted by molar-refractivity contribution is -0.141. The number of hydrogen-bond donors (Lipinski definition) is 2. The third-order valence-corrected chi connectivity index (χ3v) is 9.18. The highest BCUT2D eigenvalue weighted by atomic mass is 32.2.